The molecular weight excluding hydrogens is 276 g/mol. The van der Waals surface area contributed by atoms with Gasteiger partial charge in [-0.05, 0) is 24.3 Å². The Morgan fingerprint density at radius 3 is 1.40 bits per heavy atom. The molecule has 0 aliphatic heterocycles. The van der Waals surface area contributed by atoms with Crippen molar-refractivity contribution >= 4 is 16.8 Å². The number of amides is 2. The number of benzene rings is 2. The largest absolute Gasteiger partial charge is 0.349 e. The molecule has 0 aromatic heterocycles. The number of carbonyl (C=O) groups is 1. The first-order valence-electron chi connectivity index (χ1n) is 5.63. The van der Waals surface area contributed by atoms with Crippen LogP contribution in [0.1, 0.15) is 0 Å². The van der Waals surface area contributed by atoms with Crippen LogP contribution in [0.2, 0.25) is 0 Å². The molecule has 0 aliphatic rings. The quantitative estimate of drug-likeness (QED) is 0.434. The molecule has 6 nitrogen and oxygen atoms in total. The summed E-state index contributed by atoms with van der Waals surface area (Å²) in [5.74, 6) is 9.14. The number of urea groups is 1. The number of hydrogen-bond acceptors (Lipinski definition) is 4. The van der Waals surface area contributed by atoms with Crippen LogP contribution in [-0.2, 0) is 10.8 Å². The van der Waals surface area contributed by atoms with Crippen LogP contribution in [0, 0.1) is 0 Å². The summed E-state index contributed by atoms with van der Waals surface area (Å²) in [6.07, 6.45) is 0. The molecule has 7 heteroatoms. The molecule has 2 rings (SSSR count). The van der Waals surface area contributed by atoms with Gasteiger partial charge in [0.15, 0.2) is 0 Å². The highest BCUT2D eigenvalue weighted by atomic mass is 32.2. The summed E-state index contributed by atoms with van der Waals surface area (Å²) in [7, 11) is -1.05. The van der Waals surface area contributed by atoms with Crippen molar-refractivity contribution in [1.82, 2.24) is 5.12 Å². The Bertz CT molecular complexity index is 520. The van der Waals surface area contributed by atoms with Crippen molar-refractivity contribution in [2.45, 2.75) is 9.79 Å². The van der Waals surface area contributed by atoms with Crippen molar-refractivity contribution in [3.05, 3.63) is 60.7 Å². The van der Waals surface area contributed by atoms with Gasteiger partial charge in [0.2, 0.25) is 0 Å². The molecule has 0 atom stereocenters. The van der Waals surface area contributed by atoms with Gasteiger partial charge in [0.1, 0.15) is 0 Å². The van der Waals surface area contributed by atoms with Gasteiger partial charge >= 0.3 is 6.03 Å². The van der Waals surface area contributed by atoms with Gasteiger partial charge in [-0.25, -0.2) is 20.7 Å². The first kappa shape index (κ1) is 15.8. The van der Waals surface area contributed by atoms with Gasteiger partial charge < -0.3 is 5.73 Å². The fourth-order valence-electron chi connectivity index (χ4n) is 1.22. The molecule has 0 spiro atoms. The Morgan fingerprint density at radius 2 is 1.15 bits per heavy atom. The van der Waals surface area contributed by atoms with E-state index in [1.165, 1.54) is 0 Å². The van der Waals surface area contributed by atoms with Crippen molar-refractivity contribution in [3.8, 4) is 0 Å². The average molecular weight is 292 g/mol. The second kappa shape index (κ2) is 8.05. The molecule has 2 aromatic rings. The second-order valence-corrected chi connectivity index (χ2v) is 5.12. The standard InChI is InChI=1S/C12H10OS.CH6N4O/c13-14(11-7-3-1-4-8-11)12-9-5-2-6-10-12;2-1(6)5(3)4/h1-10H;3-4H2,(H2,2,6). The predicted octanol–water partition coefficient (Wildman–Crippen LogP) is 0.968. The minimum absolute atomic E-state index is 0.306. The normalized spacial score (nSPS) is 9.55. The van der Waals surface area contributed by atoms with Crippen molar-refractivity contribution in [2.75, 3.05) is 0 Å². The number of carbonyl (C=O) groups excluding carboxylic acids is 1. The molecule has 2 amide bonds. The molecule has 20 heavy (non-hydrogen) atoms. The van der Waals surface area contributed by atoms with Crippen molar-refractivity contribution in [3.63, 3.8) is 0 Å². The van der Waals surface area contributed by atoms with Crippen LogP contribution in [0.4, 0.5) is 4.79 Å². The molecule has 0 saturated heterocycles. The Balaban J connectivity index is 0.000000286. The van der Waals surface area contributed by atoms with Gasteiger partial charge in [0.25, 0.3) is 0 Å². The monoisotopic (exact) mass is 292 g/mol. The molecule has 0 bridgehead atoms. The van der Waals surface area contributed by atoms with Crippen LogP contribution in [0.5, 0.6) is 0 Å². The molecule has 0 fully saturated rings. The highest BCUT2D eigenvalue weighted by molar-refractivity contribution is 7.85. The van der Waals surface area contributed by atoms with Gasteiger partial charge in [-0.2, -0.15) is 5.12 Å². The van der Waals surface area contributed by atoms with Crippen LogP contribution < -0.4 is 17.4 Å². The van der Waals surface area contributed by atoms with Crippen LogP contribution in [0.3, 0.4) is 0 Å². The molecule has 0 radical (unpaired) electrons. The summed E-state index contributed by atoms with van der Waals surface area (Å²) < 4.78 is 12.0. The molecule has 0 heterocycles. The number of hydrazine groups is 2. The van der Waals surface area contributed by atoms with Crippen molar-refractivity contribution in [1.29, 1.82) is 0 Å². The van der Waals surface area contributed by atoms with E-state index in [-0.39, 0.29) is 0 Å². The SMILES string of the molecule is NC(=O)N(N)N.O=S(c1ccccc1)c1ccccc1. The van der Waals surface area contributed by atoms with E-state index in [0.717, 1.165) is 9.79 Å². The van der Waals surface area contributed by atoms with E-state index < -0.39 is 16.8 Å². The topological polar surface area (TPSA) is 115 Å². The zero-order valence-corrected chi connectivity index (χ0v) is 11.5. The smallest absolute Gasteiger partial charge is 0.343 e. The summed E-state index contributed by atoms with van der Waals surface area (Å²) in [4.78, 5) is 11.3. The summed E-state index contributed by atoms with van der Waals surface area (Å²) in [5, 5.41) is 0.306. The summed E-state index contributed by atoms with van der Waals surface area (Å²) in [6.45, 7) is 0. The van der Waals surface area contributed by atoms with E-state index in [0.29, 0.717) is 5.12 Å². The minimum Gasteiger partial charge on any atom is -0.349 e. The van der Waals surface area contributed by atoms with Gasteiger partial charge in [-0.15, -0.1) is 0 Å². The molecule has 0 unspecified atom stereocenters. The summed E-state index contributed by atoms with van der Waals surface area (Å²) >= 11 is 0. The molecule has 6 N–H and O–H groups in total. The van der Waals surface area contributed by atoms with Crippen molar-refractivity contribution in [2.24, 2.45) is 17.4 Å². The van der Waals surface area contributed by atoms with Gasteiger partial charge in [0.05, 0.1) is 10.8 Å². The maximum Gasteiger partial charge on any atom is 0.343 e. The Hall–Kier alpha value is -2.22. The molecule has 106 valence electrons. The Kier molecular flexibility index (Phi) is 6.38. The number of nitrogens with zero attached hydrogens (tertiary/aromatic N) is 1. The van der Waals surface area contributed by atoms with E-state index in [9.17, 15) is 9.00 Å². The Labute approximate surface area is 119 Å². The molecule has 2 aromatic carbocycles. The molecule has 0 aliphatic carbocycles. The van der Waals surface area contributed by atoms with Crippen molar-refractivity contribution < 1.29 is 9.00 Å². The lowest BCUT2D eigenvalue weighted by molar-refractivity contribution is 0.210. The van der Waals surface area contributed by atoms with E-state index in [4.69, 9.17) is 0 Å². The first-order valence-corrected chi connectivity index (χ1v) is 6.78. The van der Waals surface area contributed by atoms with Gasteiger partial charge in [0, 0.05) is 9.79 Å². The lowest BCUT2D eigenvalue weighted by Crippen LogP contribution is -2.46. The molecular formula is C13H16N4O2S. The third-order valence-corrected chi connectivity index (χ3v) is 3.57. The summed E-state index contributed by atoms with van der Waals surface area (Å²) in [6, 6.07) is 18.1. The maximum absolute atomic E-state index is 12.0. The van der Waals surface area contributed by atoms with E-state index in [1.54, 1.807) is 0 Å². The van der Waals surface area contributed by atoms with Crippen LogP contribution in [0.25, 0.3) is 0 Å². The van der Waals surface area contributed by atoms with Gasteiger partial charge in [-0.3, -0.25) is 0 Å². The number of rotatable bonds is 2. The van der Waals surface area contributed by atoms with E-state index >= 15 is 0 Å². The fourth-order valence-corrected chi connectivity index (χ4v) is 2.31. The maximum atomic E-state index is 12.0. The zero-order chi connectivity index (χ0) is 15.0. The molecule has 0 saturated carbocycles. The summed E-state index contributed by atoms with van der Waals surface area (Å²) in [5.41, 5.74) is 4.47. The lowest BCUT2D eigenvalue weighted by Gasteiger charge is -2.00. The van der Waals surface area contributed by atoms with E-state index in [2.05, 4.69) is 17.4 Å². The Morgan fingerprint density at radius 1 is 0.850 bits per heavy atom. The van der Waals surface area contributed by atoms with Crippen LogP contribution >= 0.6 is 0 Å². The van der Waals surface area contributed by atoms with Gasteiger partial charge in [-0.1, -0.05) is 36.4 Å². The minimum atomic E-state index is -1.05. The predicted molar refractivity (Wildman–Crippen MR) is 77.4 cm³/mol. The third kappa shape index (κ3) is 5.19. The lowest BCUT2D eigenvalue weighted by atomic mass is 10.4. The number of hydrogen-bond donors (Lipinski definition) is 3. The van der Waals surface area contributed by atoms with Crippen LogP contribution in [0.15, 0.2) is 70.5 Å². The highest BCUT2D eigenvalue weighted by Gasteiger charge is 2.04. The number of nitrogens with two attached hydrogens (primary N) is 3. The zero-order valence-electron chi connectivity index (χ0n) is 10.7. The fraction of sp³-hybridized carbons (Fsp3) is 0. The van der Waals surface area contributed by atoms with Crippen LogP contribution in [-0.4, -0.2) is 15.4 Å². The van der Waals surface area contributed by atoms with E-state index in [1.807, 2.05) is 60.7 Å². The highest BCUT2D eigenvalue weighted by Crippen LogP contribution is 2.14. The third-order valence-electron chi connectivity index (χ3n) is 2.17. The second-order valence-electron chi connectivity index (χ2n) is 3.64. The number of primary amides is 1. The average Bonchev–Trinajstić information content (AvgIpc) is 2.49. The first-order chi connectivity index (χ1) is 9.52.